The smallest absolute Gasteiger partial charge is 0.346 e. The van der Waals surface area contributed by atoms with Crippen molar-refractivity contribution in [1.29, 1.82) is 0 Å². The number of hydrazone groups is 1. The molecule has 154 valence electrons. The minimum atomic E-state index is -0.744. The molecule has 0 bridgehead atoms. The lowest BCUT2D eigenvalue weighted by molar-refractivity contribution is 0.0730. The van der Waals surface area contributed by atoms with Gasteiger partial charge in [0.2, 0.25) is 5.13 Å². The second kappa shape index (κ2) is 9.63. The molecule has 31 heavy (non-hydrogen) atoms. The van der Waals surface area contributed by atoms with Gasteiger partial charge in [-0.25, -0.2) is 14.2 Å². The van der Waals surface area contributed by atoms with Gasteiger partial charge in [0.25, 0.3) is 0 Å². The van der Waals surface area contributed by atoms with Gasteiger partial charge in [0.15, 0.2) is 0 Å². The molecule has 0 aliphatic rings. The van der Waals surface area contributed by atoms with Crippen LogP contribution >= 0.6 is 27.3 Å². The molecule has 4 aromatic rings. The molecule has 0 saturated carbocycles. The summed E-state index contributed by atoms with van der Waals surface area (Å²) in [5, 5.41) is 6.82. The van der Waals surface area contributed by atoms with Crippen LogP contribution in [0.15, 0.2) is 87.8 Å². The third-order valence-corrected chi connectivity index (χ3v) is 5.48. The summed E-state index contributed by atoms with van der Waals surface area (Å²) in [5.41, 5.74) is 5.49. The Balaban J connectivity index is 1.34. The molecule has 1 aromatic heterocycles. The number of thiazole rings is 1. The van der Waals surface area contributed by atoms with E-state index in [1.807, 2.05) is 29.6 Å². The highest BCUT2D eigenvalue weighted by Crippen LogP contribution is 2.26. The van der Waals surface area contributed by atoms with E-state index >= 15 is 0 Å². The van der Waals surface area contributed by atoms with Gasteiger partial charge in [-0.05, 0) is 54.1 Å². The number of anilines is 1. The molecule has 0 radical (unpaired) electrons. The minimum absolute atomic E-state index is 0.108. The average Bonchev–Trinajstić information content (AvgIpc) is 3.24. The van der Waals surface area contributed by atoms with Crippen molar-refractivity contribution in [3.63, 3.8) is 0 Å². The van der Waals surface area contributed by atoms with Gasteiger partial charge in [0, 0.05) is 15.4 Å². The number of nitrogens with one attached hydrogen (secondary N) is 1. The molecule has 0 aliphatic heterocycles. The summed E-state index contributed by atoms with van der Waals surface area (Å²) in [4.78, 5) is 16.6. The van der Waals surface area contributed by atoms with Crippen molar-refractivity contribution >= 4 is 44.6 Å². The van der Waals surface area contributed by atoms with Crippen LogP contribution in [-0.4, -0.2) is 17.2 Å². The van der Waals surface area contributed by atoms with E-state index < -0.39 is 11.8 Å². The highest BCUT2D eigenvalue weighted by atomic mass is 79.9. The Hall–Kier alpha value is -3.36. The second-order valence-corrected chi connectivity index (χ2v) is 8.13. The fourth-order valence-electron chi connectivity index (χ4n) is 2.65. The lowest BCUT2D eigenvalue weighted by Gasteiger charge is -2.05. The number of rotatable bonds is 6. The van der Waals surface area contributed by atoms with Gasteiger partial charge >= 0.3 is 5.97 Å². The van der Waals surface area contributed by atoms with Gasteiger partial charge in [0.05, 0.1) is 17.5 Å². The number of esters is 1. The van der Waals surface area contributed by atoms with E-state index in [4.69, 9.17) is 4.74 Å². The molecule has 1 heterocycles. The number of halogens is 2. The number of carbonyl (C=O) groups excluding carboxylic acids is 1. The Morgan fingerprint density at radius 3 is 2.55 bits per heavy atom. The van der Waals surface area contributed by atoms with Crippen molar-refractivity contribution in [1.82, 2.24) is 4.98 Å². The first-order valence-corrected chi connectivity index (χ1v) is 10.8. The van der Waals surface area contributed by atoms with Crippen molar-refractivity contribution in [2.45, 2.75) is 0 Å². The standard InChI is InChI=1S/C23H15BrFN3O2S/c24-17-9-7-16(8-10-17)21-14-31-23(27-21)28-26-13-15-5-11-18(12-6-15)30-22(29)19-3-1-2-4-20(19)25/h1-14H,(H,27,28). The maximum atomic E-state index is 13.7. The maximum absolute atomic E-state index is 13.7. The van der Waals surface area contributed by atoms with Gasteiger partial charge < -0.3 is 4.74 Å². The first kappa shape index (κ1) is 20.9. The van der Waals surface area contributed by atoms with Crippen molar-refractivity contribution in [2.75, 3.05) is 5.43 Å². The molecule has 0 spiro atoms. The van der Waals surface area contributed by atoms with E-state index in [1.165, 1.54) is 29.5 Å². The highest BCUT2D eigenvalue weighted by molar-refractivity contribution is 9.10. The Morgan fingerprint density at radius 1 is 1.06 bits per heavy atom. The summed E-state index contributed by atoms with van der Waals surface area (Å²) < 4.78 is 19.9. The van der Waals surface area contributed by atoms with Crippen LogP contribution in [0.5, 0.6) is 5.75 Å². The minimum Gasteiger partial charge on any atom is -0.423 e. The van der Waals surface area contributed by atoms with E-state index in [9.17, 15) is 9.18 Å². The lowest BCUT2D eigenvalue weighted by atomic mass is 10.2. The first-order chi connectivity index (χ1) is 15.1. The SMILES string of the molecule is O=C(Oc1ccc(C=NNc2nc(-c3ccc(Br)cc3)cs2)cc1)c1ccccc1F. The molecule has 5 nitrogen and oxygen atoms in total. The van der Waals surface area contributed by atoms with E-state index in [1.54, 1.807) is 36.5 Å². The third kappa shape index (κ3) is 5.42. The van der Waals surface area contributed by atoms with E-state index in [0.29, 0.717) is 10.9 Å². The monoisotopic (exact) mass is 495 g/mol. The summed E-state index contributed by atoms with van der Waals surface area (Å²) in [6.45, 7) is 0. The molecule has 0 unspecified atom stereocenters. The van der Waals surface area contributed by atoms with E-state index in [-0.39, 0.29) is 5.56 Å². The predicted molar refractivity (Wildman–Crippen MR) is 124 cm³/mol. The number of ether oxygens (including phenoxy) is 1. The molecule has 0 aliphatic carbocycles. The normalized spacial score (nSPS) is 10.9. The first-order valence-electron chi connectivity index (χ1n) is 9.16. The number of nitrogens with zero attached hydrogens (tertiary/aromatic N) is 2. The topological polar surface area (TPSA) is 63.6 Å². The van der Waals surface area contributed by atoms with Crippen molar-refractivity contribution in [3.05, 3.63) is 99.6 Å². The van der Waals surface area contributed by atoms with Gasteiger partial charge in [-0.15, -0.1) is 11.3 Å². The van der Waals surface area contributed by atoms with Crippen LogP contribution in [0.3, 0.4) is 0 Å². The van der Waals surface area contributed by atoms with Gasteiger partial charge in [-0.3, -0.25) is 5.43 Å². The molecular formula is C23H15BrFN3O2S. The highest BCUT2D eigenvalue weighted by Gasteiger charge is 2.13. The largest absolute Gasteiger partial charge is 0.423 e. The van der Waals surface area contributed by atoms with Gasteiger partial charge in [-0.2, -0.15) is 5.10 Å². The number of benzene rings is 3. The van der Waals surface area contributed by atoms with Gasteiger partial charge in [0.1, 0.15) is 11.6 Å². The molecule has 8 heteroatoms. The molecule has 0 saturated heterocycles. The van der Waals surface area contributed by atoms with Crippen LogP contribution in [-0.2, 0) is 0 Å². The summed E-state index contributed by atoms with van der Waals surface area (Å²) in [6, 6.07) is 20.3. The maximum Gasteiger partial charge on any atom is 0.346 e. The lowest BCUT2D eigenvalue weighted by Crippen LogP contribution is -2.10. The Bertz CT molecular complexity index is 1220. The summed E-state index contributed by atoms with van der Waals surface area (Å²) >= 11 is 4.88. The second-order valence-electron chi connectivity index (χ2n) is 6.35. The fraction of sp³-hybridized carbons (Fsp3) is 0. The molecule has 3 aromatic carbocycles. The molecule has 0 amide bonds. The van der Waals surface area contributed by atoms with Crippen LogP contribution < -0.4 is 10.2 Å². The molecular weight excluding hydrogens is 481 g/mol. The molecule has 4 rings (SSSR count). The quantitative estimate of drug-likeness (QED) is 0.146. The van der Waals surface area contributed by atoms with Crippen LogP contribution in [0.1, 0.15) is 15.9 Å². The summed E-state index contributed by atoms with van der Waals surface area (Å²) in [5.74, 6) is -1.04. The van der Waals surface area contributed by atoms with E-state index in [0.717, 1.165) is 21.3 Å². The molecule has 0 atom stereocenters. The zero-order chi connectivity index (χ0) is 21.6. The van der Waals surface area contributed by atoms with Crippen LogP contribution in [0.2, 0.25) is 0 Å². The van der Waals surface area contributed by atoms with Crippen LogP contribution in [0.25, 0.3) is 11.3 Å². The van der Waals surface area contributed by atoms with Crippen LogP contribution in [0.4, 0.5) is 9.52 Å². The molecule has 1 N–H and O–H groups in total. The fourth-order valence-corrected chi connectivity index (χ4v) is 3.58. The van der Waals surface area contributed by atoms with Crippen molar-refractivity contribution < 1.29 is 13.9 Å². The Labute approximate surface area is 190 Å². The predicted octanol–water partition coefficient (Wildman–Crippen LogP) is 6.38. The Morgan fingerprint density at radius 2 is 1.81 bits per heavy atom. The molecule has 0 fully saturated rings. The number of aromatic nitrogens is 1. The van der Waals surface area contributed by atoms with E-state index in [2.05, 4.69) is 31.4 Å². The van der Waals surface area contributed by atoms with Crippen LogP contribution in [0, 0.1) is 5.82 Å². The number of carbonyl (C=O) groups is 1. The number of hydrogen-bond acceptors (Lipinski definition) is 6. The Kier molecular flexibility index (Phi) is 6.49. The average molecular weight is 496 g/mol. The number of hydrogen-bond donors (Lipinski definition) is 1. The third-order valence-electron chi connectivity index (χ3n) is 4.20. The van der Waals surface area contributed by atoms with Crippen molar-refractivity contribution in [3.8, 4) is 17.0 Å². The van der Waals surface area contributed by atoms with Crippen molar-refractivity contribution in [2.24, 2.45) is 5.10 Å². The summed E-state index contributed by atoms with van der Waals surface area (Å²) in [6.07, 6.45) is 1.63. The summed E-state index contributed by atoms with van der Waals surface area (Å²) in [7, 11) is 0. The zero-order valence-electron chi connectivity index (χ0n) is 16.0. The zero-order valence-corrected chi connectivity index (χ0v) is 18.4. The van der Waals surface area contributed by atoms with Gasteiger partial charge in [-0.1, -0.05) is 40.2 Å².